The number of nitro benzene ring substituents is 1. The van der Waals surface area contributed by atoms with Crippen LogP contribution in [0.2, 0.25) is 0 Å². The molecule has 0 amide bonds. The van der Waals surface area contributed by atoms with Gasteiger partial charge in [-0.1, -0.05) is 0 Å². The minimum Gasteiger partial charge on any atom is -0.338 e. The standard InChI is InChI=1S/C9H7BrN2O2/c1-11-8-3-2-7(12(13)14)4-6(8)5-9(11)10/h2-5H,1H3. The topological polar surface area (TPSA) is 48.1 Å². The third-order valence-electron chi connectivity index (χ3n) is 2.18. The second kappa shape index (κ2) is 3.09. The highest BCUT2D eigenvalue weighted by Crippen LogP contribution is 2.26. The van der Waals surface area contributed by atoms with E-state index in [1.807, 2.05) is 17.7 Å². The minimum absolute atomic E-state index is 0.121. The maximum absolute atomic E-state index is 10.5. The predicted octanol–water partition coefficient (Wildman–Crippen LogP) is 2.85. The number of aryl methyl sites for hydroxylation is 1. The molecule has 0 aliphatic heterocycles. The van der Waals surface area contributed by atoms with Crippen molar-refractivity contribution < 1.29 is 4.92 Å². The van der Waals surface area contributed by atoms with Gasteiger partial charge in [-0.3, -0.25) is 10.1 Å². The van der Waals surface area contributed by atoms with Crippen molar-refractivity contribution >= 4 is 32.5 Å². The fourth-order valence-electron chi connectivity index (χ4n) is 1.42. The van der Waals surface area contributed by atoms with Crippen LogP contribution in [-0.2, 0) is 7.05 Å². The Morgan fingerprint density at radius 1 is 1.43 bits per heavy atom. The number of nitro groups is 1. The lowest BCUT2D eigenvalue weighted by atomic mass is 10.2. The van der Waals surface area contributed by atoms with Crippen LogP contribution in [0.5, 0.6) is 0 Å². The number of non-ortho nitro benzene ring substituents is 1. The van der Waals surface area contributed by atoms with Crippen LogP contribution < -0.4 is 0 Å². The fraction of sp³-hybridized carbons (Fsp3) is 0.111. The van der Waals surface area contributed by atoms with Gasteiger partial charge in [0.15, 0.2) is 0 Å². The van der Waals surface area contributed by atoms with Crippen molar-refractivity contribution in [3.8, 4) is 0 Å². The predicted molar refractivity (Wildman–Crippen MR) is 57.3 cm³/mol. The van der Waals surface area contributed by atoms with Crippen LogP contribution in [0.1, 0.15) is 0 Å². The van der Waals surface area contributed by atoms with Gasteiger partial charge in [0, 0.05) is 30.1 Å². The SMILES string of the molecule is Cn1c(Br)cc2cc([N+](=O)[O-])ccc21. The molecule has 72 valence electrons. The summed E-state index contributed by atoms with van der Waals surface area (Å²) in [5.74, 6) is 0. The average molecular weight is 255 g/mol. The Labute approximate surface area is 88.4 Å². The van der Waals surface area contributed by atoms with Gasteiger partial charge in [-0.2, -0.15) is 0 Å². The van der Waals surface area contributed by atoms with E-state index in [1.54, 1.807) is 12.1 Å². The first-order valence-corrected chi connectivity index (χ1v) is 4.78. The van der Waals surface area contributed by atoms with Crippen molar-refractivity contribution in [3.63, 3.8) is 0 Å². The largest absolute Gasteiger partial charge is 0.338 e. The quantitative estimate of drug-likeness (QED) is 0.581. The van der Waals surface area contributed by atoms with Gasteiger partial charge in [0.2, 0.25) is 0 Å². The summed E-state index contributed by atoms with van der Waals surface area (Å²) < 4.78 is 2.84. The molecule has 0 saturated carbocycles. The molecule has 0 spiro atoms. The van der Waals surface area contributed by atoms with E-state index in [2.05, 4.69) is 15.9 Å². The lowest BCUT2D eigenvalue weighted by Gasteiger charge is -1.96. The Bertz CT molecular complexity index is 519. The zero-order chi connectivity index (χ0) is 10.3. The summed E-state index contributed by atoms with van der Waals surface area (Å²) in [5, 5.41) is 11.4. The molecule has 2 aromatic rings. The second-order valence-electron chi connectivity index (χ2n) is 3.03. The van der Waals surface area contributed by atoms with E-state index in [0.29, 0.717) is 0 Å². The Balaban J connectivity index is 2.73. The molecular weight excluding hydrogens is 248 g/mol. The molecule has 0 N–H and O–H groups in total. The number of halogens is 1. The number of aromatic nitrogens is 1. The molecule has 1 aromatic carbocycles. The highest BCUT2D eigenvalue weighted by molar-refractivity contribution is 9.10. The van der Waals surface area contributed by atoms with Crippen LogP contribution in [-0.4, -0.2) is 9.49 Å². The number of benzene rings is 1. The minimum atomic E-state index is -0.389. The second-order valence-corrected chi connectivity index (χ2v) is 3.84. The summed E-state index contributed by atoms with van der Waals surface area (Å²) in [4.78, 5) is 10.1. The van der Waals surface area contributed by atoms with Gasteiger partial charge in [-0.25, -0.2) is 0 Å². The molecule has 0 aliphatic carbocycles. The monoisotopic (exact) mass is 254 g/mol. The van der Waals surface area contributed by atoms with Crippen LogP contribution in [0, 0.1) is 10.1 Å². The van der Waals surface area contributed by atoms with Crippen LogP contribution in [0.25, 0.3) is 10.9 Å². The van der Waals surface area contributed by atoms with E-state index in [0.717, 1.165) is 15.5 Å². The molecule has 0 fully saturated rings. The molecule has 0 saturated heterocycles. The molecule has 4 nitrogen and oxygen atoms in total. The van der Waals surface area contributed by atoms with E-state index < -0.39 is 0 Å². The van der Waals surface area contributed by atoms with Crippen LogP contribution in [0.15, 0.2) is 28.9 Å². The molecule has 1 aromatic heterocycles. The van der Waals surface area contributed by atoms with Gasteiger partial charge in [0.1, 0.15) is 0 Å². The third-order valence-corrected chi connectivity index (χ3v) is 2.94. The zero-order valence-corrected chi connectivity index (χ0v) is 8.98. The highest BCUT2D eigenvalue weighted by atomic mass is 79.9. The lowest BCUT2D eigenvalue weighted by molar-refractivity contribution is -0.384. The zero-order valence-electron chi connectivity index (χ0n) is 7.40. The summed E-state index contributed by atoms with van der Waals surface area (Å²) in [6, 6.07) is 6.69. The molecule has 14 heavy (non-hydrogen) atoms. The third kappa shape index (κ3) is 1.29. The lowest BCUT2D eigenvalue weighted by Crippen LogP contribution is -1.89. The molecule has 0 aliphatic rings. The molecular formula is C9H7BrN2O2. The number of hydrogen-bond donors (Lipinski definition) is 0. The Hall–Kier alpha value is -1.36. The Kier molecular flexibility index (Phi) is 2.03. The summed E-state index contributed by atoms with van der Waals surface area (Å²) in [6.45, 7) is 0. The van der Waals surface area contributed by atoms with E-state index in [1.165, 1.54) is 6.07 Å². The average Bonchev–Trinajstić information content (AvgIpc) is 2.42. The molecule has 0 unspecified atom stereocenters. The molecule has 0 atom stereocenters. The first kappa shape index (κ1) is 9.21. The van der Waals surface area contributed by atoms with Crippen molar-refractivity contribution in [2.75, 3.05) is 0 Å². The highest BCUT2D eigenvalue weighted by Gasteiger charge is 2.09. The first-order valence-electron chi connectivity index (χ1n) is 3.99. The normalized spacial score (nSPS) is 10.7. The van der Waals surface area contributed by atoms with Crippen LogP contribution in [0.4, 0.5) is 5.69 Å². The van der Waals surface area contributed by atoms with Gasteiger partial charge in [-0.05, 0) is 28.1 Å². The van der Waals surface area contributed by atoms with Crippen molar-refractivity contribution in [2.45, 2.75) is 0 Å². The van der Waals surface area contributed by atoms with Crippen molar-refractivity contribution in [1.29, 1.82) is 0 Å². The molecule has 1 heterocycles. The van der Waals surface area contributed by atoms with Crippen LogP contribution in [0.3, 0.4) is 0 Å². The van der Waals surface area contributed by atoms with Gasteiger partial charge in [0.05, 0.1) is 9.53 Å². The van der Waals surface area contributed by atoms with E-state index in [4.69, 9.17) is 0 Å². The van der Waals surface area contributed by atoms with Crippen molar-refractivity contribution in [2.24, 2.45) is 7.05 Å². The summed E-state index contributed by atoms with van der Waals surface area (Å²) in [7, 11) is 1.90. The van der Waals surface area contributed by atoms with Gasteiger partial charge in [0.25, 0.3) is 5.69 Å². The van der Waals surface area contributed by atoms with Crippen molar-refractivity contribution in [1.82, 2.24) is 4.57 Å². The maximum Gasteiger partial charge on any atom is 0.270 e. The van der Waals surface area contributed by atoms with Gasteiger partial charge in [-0.15, -0.1) is 0 Å². The summed E-state index contributed by atoms with van der Waals surface area (Å²) in [6.07, 6.45) is 0. The van der Waals surface area contributed by atoms with Crippen molar-refractivity contribution in [3.05, 3.63) is 39.0 Å². The van der Waals surface area contributed by atoms with E-state index >= 15 is 0 Å². The molecule has 5 heteroatoms. The molecule has 2 rings (SSSR count). The summed E-state index contributed by atoms with van der Waals surface area (Å²) >= 11 is 3.36. The smallest absolute Gasteiger partial charge is 0.270 e. The number of fused-ring (bicyclic) bond motifs is 1. The number of hydrogen-bond acceptors (Lipinski definition) is 2. The van der Waals surface area contributed by atoms with E-state index in [9.17, 15) is 10.1 Å². The first-order chi connectivity index (χ1) is 6.59. The Morgan fingerprint density at radius 3 is 2.79 bits per heavy atom. The molecule has 0 radical (unpaired) electrons. The van der Waals surface area contributed by atoms with Gasteiger partial charge >= 0.3 is 0 Å². The van der Waals surface area contributed by atoms with E-state index in [-0.39, 0.29) is 10.6 Å². The summed E-state index contributed by atoms with van der Waals surface area (Å²) in [5.41, 5.74) is 1.10. The molecule has 0 bridgehead atoms. The van der Waals surface area contributed by atoms with Gasteiger partial charge < -0.3 is 4.57 Å². The Morgan fingerprint density at radius 2 is 2.14 bits per heavy atom. The number of rotatable bonds is 1. The number of nitrogens with zero attached hydrogens (tertiary/aromatic N) is 2. The fourth-order valence-corrected chi connectivity index (χ4v) is 1.85. The van der Waals surface area contributed by atoms with Crippen LogP contribution >= 0.6 is 15.9 Å². The maximum atomic E-state index is 10.5.